The molecule has 6 rings (SSSR count). The van der Waals surface area contributed by atoms with E-state index in [9.17, 15) is 4.57 Å². The normalized spacial score (nSPS) is 16.4. The van der Waals surface area contributed by atoms with Crippen LogP contribution in [0.2, 0.25) is 0 Å². The van der Waals surface area contributed by atoms with Gasteiger partial charge in [-0.3, -0.25) is 0 Å². The van der Waals surface area contributed by atoms with Crippen LogP contribution in [-0.2, 0) is 4.57 Å². The molecule has 164 valence electrons. The minimum absolute atomic E-state index is 0.875. The van der Waals surface area contributed by atoms with Crippen molar-refractivity contribution in [2.45, 2.75) is 9.79 Å². The molecule has 5 aromatic rings. The summed E-state index contributed by atoms with van der Waals surface area (Å²) in [7, 11) is -2.98. The van der Waals surface area contributed by atoms with E-state index < -0.39 is 7.14 Å². The summed E-state index contributed by atoms with van der Waals surface area (Å²) in [5.41, 5.74) is 3.21. The van der Waals surface area contributed by atoms with Crippen LogP contribution in [0.5, 0.6) is 0 Å². The minimum Gasteiger partial charge on any atom is -0.310 e. The quantitative estimate of drug-likeness (QED) is 0.250. The number of hydrogen-bond donors (Lipinski definition) is 0. The Kier molecular flexibility index (Phi) is 5.37. The lowest BCUT2D eigenvalue weighted by Gasteiger charge is -2.31. The lowest BCUT2D eigenvalue weighted by atomic mass is 10.2. The molecule has 1 heterocycles. The smallest absolute Gasteiger partial charge is 0.173 e. The first-order valence-corrected chi connectivity index (χ1v) is 13.8. The second-order valence-corrected chi connectivity index (χ2v) is 12.0. The van der Waals surface area contributed by atoms with Crippen LogP contribution in [-0.4, -0.2) is 0 Å². The van der Waals surface area contributed by atoms with E-state index in [0.717, 1.165) is 42.8 Å². The molecule has 1 unspecified atom stereocenters. The first-order chi connectivity index (χ1) is 16.7. The fourth-order valence-corrected chi connectivity index (χ4v) is 9.25. The maximum atomic E-state index is 14.9. The van der Waals surface area contributed by atoms with Crippen molar-refractivity contribution in [1.82, 2.24) is 0 Å². The fourth-order valence-electron chi connectivity index (χ4n) is 4.55. The van der Waals surface area contributed by atoms with Crippen molar-refractivity contribution >= 4 is 51.9 Å². The molecular weight excluding hydrogens is 453 g/mol. The van der Waals surface area contributed by atoms with Crippen molar-refractivity contribution in [2.24, 2.45) is 0 Å². The van der Waals surface area contributed by atoms with Crippen molar-refractivity contribution < 1.29 is 4.57 Å². The van der Waals surface area contributed by atoms with Gasteiger partial charge < -0.3 is 9.46 Å². The van der Waals surface area contributed by atoms with Gasteiger partial charge in [-0.15, -0.1) is 0 Å². The maximum absolute atomic E-state index is 14.9. The van der Waals surface area contributed by atoms with E-state index in [1.807, 2.05) is 60.7 Å². The third-order valence-electron chi connectivity index (χ3n) is 6.11. The average Bonchev–Trinajstić information content (AvgIpc) is 2.91. The molecule has 0 aromatic heterocycles. The van der Waals surface area contributed by atoms with Gasteiger partial charge in [-0.05, 0) is 54.6 Å². The number of benzene rings is 5. The van der Waals surface area contributed by atoms with Gasteiger partial charge in [-0.25, -0.2) is 0 Å². The van der Waals surface area contributed by atoms with Crippen molar-refractivity contribution in [1.29, 1.82) is 0 Å². The number of nitrogens with zero attached hydrogens (tertiary/aromatic N) is 1. The van der Waals surface area contributed by atoms with Crippen LogP contribution < -0.4 is 20.8 Å². The first-order valence-electron chi connectivity index (χ1n) is 11.2. The molecule has 1 aliphatic rings. The molecule has 0 aliphatic carbocycles. The molecule has 1 aliphatic heterocycles. The summed E-state index contributed by atoms with van der Waals surface area (Å²) in [6.07, 6.45) is 0. The lowest BCUT2D eigenvalue weighted by molar-refractivity contribution is 0.591. The van der Waals surface area contributed by atoms with Crippen LogP contribution in [0.25, 0.3) is 0 Å². The Labute approximate surface area is 204 Å². The van der Waals surface area contributed by atoms with Gasteiger partial charge in [0.25, 0.3) is 0 Å². The largest absolute Gasteiger partial charge is 0.310 e. The zero-order valence-corrected chi connectivity index (χ0v) is 20.1. The molecule has 0 fully saturated rings. The molecule has 2 nitrogen and oxygen atoms in total. The summed E-state index contributed by atoms with van der Waals surface area (Å²) in [6.45, 7) is 0. The Morgan fingerprint density at radius 2 is 1.03 bits per heavy atom. The topological polar surface area (TPSA) is 20.3 Å². The Balaban J connectivity index is 1.56. The second-order valence-electron chi connectivity index (χ2n) is 8.17. The number of anilines is 3. The van der Waals surface area contributed by atoms with Gasteiger partial charge in [0.15, 0.2) is 7.14 Å². The molecule has 0 spiro atoms. The van der Waals surface area contributed by atoms with E-state index in [0.29, 0.717) is 0 Å². The summed E-state index contributed by atoms with van der Waals surface area (Å²) >= 11 is 1.70. The molecule has 0 N–H and O–H groups in total. The molecule has 5 aromatic carbocycles. The van der Waals surface area contributed by atoms with Crippen LogP contribution in [0.15, 0.2) is 143 Å². The molecule has 0 saturated heterocycles. The van der Waals surface area contributed by atoms with E-state index in [1.165, 1.54) is 0 Å². The standard InChI is InChI=1S/C30H22NOPS/c32-33(26-16-8-3-9-17-26)27-18-10-11-19-29(27)34-30-22-25(20-21-28(30)33)31(23-12-4-1-5-13-23)24-14-6-2-7-15-24/h1-22H. The predicted molar refractivity (Wildman–Crippen MR) is 145 cm³/mol. The van der Waals surface area contributed by atoms with Gasteiger partial charge in [-0.1, -0.05) is 90.6 Å². The van der Waals surface area contributed by atoms with Crippen molar-refractivity contribution in [3.63, 3.8) is 0 Å². The van der Waals surface area contributed by atoms with Crippen molar-refractivity contribution in [2.75, 3.05) is 4.90 Å². The van der Waals surface area contributed by atoms with Gasteiger partial charge >= 0.3 is 0 Å². The maximum Gasteiger partial charge on any atom is 0.173 e. The Hall–Kier alpha value is -3.52. The zero-order valence-electron chi connectivity index (χ0n) is 18.4. The third kappa shape index (κ3) is 3.49. The van der Waals surface area contributed by atoms with Crippen LogP contribution >= 0.6 is 18.9 Å². The number of para-hydroxylation sites is 2. The Bertz CT molecular complexity index is 1460. The van der Waals surface area contributed by atoms with E-state index in [1.54, 1.807) is 11.8 Å². The van der Waals surface area contributed by atoms with Gasteiger partial charge in [0.1, 0.15) is 0 Å². The van der Waals surface area contributed by atoms with E-state index >= 15 is 0 Å². The molecule has 4 heteroatoms. The third-order valence-corrected chi connectivity index (χ3v) is 10.7. The summed E-state index contributed by atoms with van der Waals surface area (Å²) in [6, 6.07) is 45.1. The van der Waals surface area contributed by atoms with E-state index in [4.69, 9.17) is 0 Å². The highest BCUT2D eigenvalue weighted by Gasteiger charge is 2.38. The summed E-state index contributed by atoms with van der Waals surface area (Å²) < 4.78 is 14.9. The van der Waals surface area contributed by atoms with Gasteiger partial charge in [0.05, 0.1) is 0 Å². The van der Waals surface area contributed by atoms with Crippen molar-refractivity contribution in [3.05, 3.63) is 133 Å². The van der Waals surface area contributed by atoms with Crippen LogP contribution in [0.3, 0.4) is 0 Å². The minimum atomic E-state index is -2.98. The fraction of sp³-hybridized carbons (Fsp3) is 0. The molecule has 0 bridgehead atoms. The predicted octanol–water partition coefficient (Wildman–Crippen LogP) is 7.26. The summed E-state index contributed by atoms with van der Waals surface area (Å²) in [5, 5.41) is 2.71. The summed E-state index contributed by atoms with van der Waals surface area (Å²) in [5.74, 6) is 0. The highest BCUT2D eigenvalue weighted by atomic mass is 32.2. The number of rotatable bonds is 4. The molecule has 0 amide bonds. The molecular formula is C30H22NOPS. The van der Waals surface area contributed by atoms with Gasteiger partial charge in [-0.2, -0.15) is 0 Å². The summed E-state index contributed by atoms with van der Waals surface area (Å²) in [4.78, 5) is 4.35. The lowest BCUT2D eigenvalue weighted by Crippen LogP contribution is -2.30. The SMILES string of the molecule is O=P1(c2ccccc2)c2ccccc2Sc2cc(N(c3ccccc3)c3ccccc3)ccc21. The Morgan fingerprint density at radius 1 is 0.500 bits per heavy atom. The van der Waals surface area contributed by atoms with Crippen molar-refractivity contribution in [3.8, 4) is 0 Å². The van der Waals surface area contributed by atoms with Gasteiger partial charge in [0.2, 0.25) is 0 Å². The van der Waals surface area contributed by atoms with Crippen LogP contribution in [0.1, 0.15) is 0 Å². The van der Waals surface area contributed by atoms with E-state index in [2.05, 4.69) is 77.7 Å². The number of fused-ring (bicyclic) bond motifs is 2. The zero-order chi connectivity index (χ0) is 23.0. The van der Waals surface area contributed by atoms with Gasteiger partial charge in [0, 0.05) is 42.8 Å². The Morgan fingerprint density at radius 3 is 1.68 bits per heavy atom. The van der Waals surface area contributed by atoms with Crippen LogP contribution in [0, 0.1) is 0 Å². The monoisotopic (exact) mass is 475 g/mol. The molecule has 0 radical (unpaired) electrons. The van der Waals surface area contributed by atoms with Crippen LogP contribution in [0.4, 0.5) is 17.1 Å². The second kappa shape index (κ2) is 8.68. The molecule has 0 saturated carbocycles. The van der Waals surface area contributed by atoms with E-state index in [-0.39, 0.29) is 0 Å². The molecule has 1 atom stereocenters. The number of hydrogen-bond acceptors (Lipinski definition) is 3. The highest BCUT2D eigenvalue weighted by molar-refractivity contribution is 8.02. The molecule has 34 heavy (non-hydrogen) atoms. The highest BCUT2D eigenvalue weighted by Crippen LogP contribution is 2.53. The average molecular weight is 476 g/mol. The first kappa shape index (κ1) is 21.0.